The van der Waals surface area contributed by atoms with Gasteiger partial charge in [0.1, 0.15) is 5.15 Å². The molecule has 0 bridgehead atoms. The zero-order valence-electron chi connectivity index (χ0n) is 6.67. The van der Waals surface area contributed by atoms with Gasteiger partial charge in [0.15, 0.2) is 5.13 Å². The molecule has 0 fully saturated rings. The molecule has 0 amide bonds. The third-order valence-corrected chi connectivity index (χ3v) is 2.75. The fourth-order valence-corrected chi connectivity index (χ4v) is 2.07. The summed E-state index contributed by atoms with van der Waals surface area (Å²) in [5, 5.41) is 0.0287. The standard InChI is InChI=1S/C8H3Cl2FN2S/c9-6-3-4(12-8(10)13-6)5-1-2-7(11)14-5/h1-3H. The lowest BCUT2D eigenvalue weighted by atomic mass is 10.3. The molecule has 2 heterocycles. The number of rotatable bonds is 1. The van der Waals surface area contributed by atoms with E-state index >= 15 is 0 Å². The van der Waals surface area contributed by atoms with E-state index in [1.54, 1.807) is 12.1 Å². The molecular weight excluding hydrogens is 246 g/mol. The van der Waals surface area contributed by atoms with Crippen molar-refractivity contribution in [2.24, 2.45) is 0 Å². The van der Waals surface area contributed by atoms with Crippen molar-refractivity contribution in [3.05, 3.63) is 33.8 Å². The van der Waals surface area contributed by atoms with Crippen molar-refractivity contribution >= 4 is 34.5 Å². The van der Waals surface area contributed by atoms with E-state index in [0.29, 0.717) is 10.6 Å². The Balaban J connectivity index is 2.51. The van der Waals surface area contributed by atoms with E-state index in [9.17, 15) is 4.39 Å². The maximum absolute atomic E-state index is 12.7. The van der Waals surface area contributed by atoms with E-state index in [4.69, 9.17) is 23.2 Å². The Morgan fingerprint density at radius 3 is 2.57 bits per heavy atom. The number of hydrogen-bond acceptors (Lipinski definition) is 3. The smallest absolute Gasteiger partial charge is 0.217 e. The van der Waals surface area contributed by atoms with E-state index in [-0.39, 0.29) is 15.6 Å². The second kappa shape index (κ2) is 3.81. The quantitative estimate of drug-likeness (QED) is 0.569. The van der Waals surface area contributed by atoms with Gasteiger partial charge in [-0.3, -0.25) is 0 Å². The third-order valence-electron chi connectivity index (χ3n) is 1.49. The maximum Gasteiger partial charge on any atom is 0.224 e. The summed E-state index contributed by atoms with van der Waals surface area (Å²) in [5.74, 6) is 0. The summed E-state index contributed by atoms with van der Waals surface area (Å²) in [6.45, 7) is 0. The Labute approximate surface area is 93.3 Å². The first kappa shape index (κ1) is 9.83. The Hall–Kier alpha value is -0.710. The van der Waals surface area contributed by atoms with E-state index in [1.165, 1.54) is 6.07 Å². The largest absolute Gasteiger partial charge is 0.224 e. The van der Waals surface area contributed by atoms with Crippen LogP contribution in [0.5, 0.6) is 0 Å². The Bertz CT molecular complexity index is 452. The molecule has 0 spiro atoms. The lowest BCUT2D eigenvalue weighted by Crippen LogP contribution is -1.85. The minimum Gasteiger partial charge on any atom is -0.217 e. The summed E-state index contributed by atoms with van der Waals surface area (Å²) in [6, 6.07) is 4.53. The average Bonchev–Trinajstić information content (AvgIpc) is 2.50. The van der Waals surface area contributed by atoms with E-state index < -0.39 is 0 Å². The van der Waals surface area contributed by atoms with Crippen molar-refractivity contribution in [1.82, 2.24) is 9.97 Å². The Morgan fingerprint density at radius 1 is 1.21 bits per heavy atom. The molecule has 0 atom stereocenters. The van der Waals surface area contributed by atoms with E-state index in [0.717, 1.165) is 11.3 Å². The van der Waals surface area contributed by atoms with Gasteiger partial charge in [-0.05, 0) is 23.7 Å². The highest BCUT2D eigenvalue weighted by atomic mass is 35.5. The molecule has 0 aromatic carbocycles. The number of halogens is 3. The molecule has 2 aromatic heterocycles. The highest BCUT2D eigenvalue weighted by Gasteiger charge is 2.06. The van der Waals surface area contributed by atoms with Crippen LogP contribution in [-0.4, -0.2) is 9.97 Å². The summed E-state index contributed by atoms with van der Waals surface area (Å²) < 4.78 is 12.7. The minimum absolute atomic E-state index is 0.0568. The fraction of sp³-hybridized carbons (Fsp3) is 0. The van der Waals surface area contributed by atoms with Gasteiger partial charge in [0.25, 0.3) is 0 Å². The topological polar surface area (TPSA) is 25.8 Å². The van der Waals surface area contributed by atoms with Gasteiger partial charge in [0.2, 0.25) is 5.28 Å². The Kier molecular flexibility index (Phi) is 2.67. The number of nitrogens with zero attached hydrogens (tertiary/aromatic N) is 2. The summed E-state index contributed by atoms with van der Waals surface area (Å²) in [6.07, 6.45) is 0. The molecule has 72 valence electrons. The first-order valence-corrected chi connectivity index (χ1v) is 5.18. The monoisotopic (exact) mass is 248 g/mol. The Morgan fingerprint density at radius 2 is 2.00 bits per heavy atom. The third kappa shape index (κ3) is 2.03. The molecule has 0 saturated heterocycles. The molecule has 2 aromatic rings. The van der Waals surface area contributed by atoms with Crippen molar-refractivity contribution < 1.29 is 4.39 Å². The lowest BCUT2D eigenvalue weighted by molar-refractivity contribution is 0.657. The van der Waals surface area contributed by atoms with Crippen LogP contribution in [0.3, 0.4) is 0 Å². The van der Waals surface area contributed by atoms with Crippen molar-refractivity contribution in [3.8, 4) is 10.6 Å². The molecule has 2 rings (SSSR count). The number of aromatic nitrogens is 2. The molecule has 6 heteroatoms. The summed E-state index contributed by atoms with van der Waals surface area (Å²) >= 11 is 12.3. The van der Waals surface area contributed by atoms with Gasteiger partial charge in [-0.25, -0.2) is 9.97 Å². The van der Waals surface area contributed by atoms with E-state index in [2.05, 4.69) is 9.97 Å². The van der Waals surface area contributed by atoms with Crippen LogP contribution in [0.25, 0.3) is 10.6 Å². The van der Waals surface area contributed by atoms with Gasteiger partial charge in [0, 0.05) is 6.07 Å². The first-order valence-electron chi connectivity index (χ1n) is 3.61. The second-order valence-electron chi connectivity index (χ2n) is 2.45. The van der Waals surface area contributed by atoms with Gasteiger partial charge in [-0.1, -0.05) is 11.6 Å². The SMILES string of the molecule is Fc1ccc(-c2cc(Cl)nc(Cl)n2)s1. The van der Waals surface area contributed by atoms with Crippen LogP contribution in [0, 0.1) is 5.13 Å². The molecule has 0 unspecified atom stereocenters. The highest BCUT2D eigenvalue weighted by Crippen LogP contribution is 2.27. The predicted octanol–water partition coefficient (Wildman–Crippen LogP) is 3.65. The highest BCUT2D eigenvalue weighted by molar-refractivity contribution is 7.13. The zero-order valence-corrected chi connectivity index (χ0v) is 9.00. The van der Waals surface area contributed by atoms with Gasteiger partial charge >= 0.3 is 0 Å². The molecule has 0 aliphatic heterocycles. The van der Waals surface area contributed by atoms with Gasteiger partial charge in [0.05, 0.1) is 10.6 Å². The van der Waals surface area contributed by atoms with Gasteiger partial charge < -0.3 is 0 Å². The molecular formula is C8H3Cl2FN2S. The van der Waals surface area contributed by atoms with Crippen LogP contribution in [-0.2, 0) is 0 Å². The predicted molar refractivity (Wildman–Crippen MR) is 55.3 cm³/mol. The molecule has 14 heavy (non-hydrogen) atoms. The summed E-state index contributed by atoms with van der Waals surface area (Å²) in [5.41, 5.74) is 0.531. The van der Waals surface area contributed by atoms with Crippen LogP contribution in [0.1, 0.15) is 0 Å². The van der Waals surface area contributed by atoms with Gasteiger partial charge in [-0.15, -0.1) is 11.3 Å². The summed E-state index contributed by atoms with van der Waals surface area (Å²) in [4.78, 5) is 8.30. The fourth-order valence-electron chi connectivity index (χ4n) is 0.968. The molecule has 0 saturated carbocycles. The van der Waals surface area contributed by atoms with Crippen LogP contribution in [0.2, 0.25) is 10.4 Å². The van der Waals surface area contributed by atoms with Crippen LogP contribution in [0.4, 0.5) is 4.39 Å². The van der Waals surface area contributed by atoms with Crippen LogP contribution >= 0.6 is 34.5 Å². The van der Waals surface area contributed by atoms with E-state index in [1.807, 2.05) is 0 Å². The van der Waals surface area contributed by atoms with Crippen molar-refractivity contribution in [3.63, 3.8) is 0 Å². The first-order chi connectivity index (χ1) is 6.65. The molecule has 0 N–H and O–H groups in total. The van der Waals surface area contributed by atoms with Crippen molar-refractivity contribution in [2.75, 3.05) is 0 Å². The molecule has 2 nitrogen and oxygen atoms in total. The van der Waals surface area contributed by atoms with Crippen molar-refractivity contribution in [1.29, 1.82) is 0 Å². The second-order valence-corrected chi connectivity index (χ2v) is 4.21. The molecule has 0 aliphatic carbocycles. The number of thiophene rings is 1. The minimum atomic E-state index is -0.272. The lowest BCUT2D eigenvalue weighted by Gasteiger charge is -1.97. The van der Waals surface area contributed by atoms with Crippen molar-refractivity contribution in [2.45, 2.75) is 0 Å². The zero-order chi connectivity index (χ0) is 10.1. The van der Waals surface area contributed by atoms with Crippen LogP contribution in [0.15, 0.2) is 18.2 Å². The maximum atomic E-state index is 12.7. The molecule has 0 radical (unpaired) electrons. The average molecular weight is 249 g/mol. The van der Waals surface area contributed by atoms with Crippen LogP contribution < -0.4 is 0 Å². The summed E-state index contributed by atoms with van der Waals surface area (Å²) in [7, 11) is 0. The normalized spacial score (nSPS) is 10.5. The number of hydrogen-bond donors (Lipinski definition) is 0. The van der Waals surface area contributed by atoms with Gasteiger partial charge in [-0.2, -0.15) is 4.39 Å². The molecule has 0 aliphatic rings.